The number of anilines is 1. The van der Waals surface area contributed by atoms with E-state index in [2.05, 4.69) is 31.3 Å². The van der Waals surface area contributed by atoms with Crippen molar-refractivity contribution in [1.29, 1.82) is 0 Å². The Kier molecular flexibility index (Phi) is 4.70. The second-order valence-electron chi connectivity index (χ2n) is 6.88. The van der Waals surface area contributed by atoms with Crippen LogP contribution in [-0.2, 0) is 5.54 Å². The highest BCUT2D eigenvalue weighted by molar-refractivity contribution is 7.68. The average molecular weight is 399 g/mol. The molecule has 1 aromatic heterocycles. The molecule has 1 aliphatic rings. The van der Waals surface area contributed by atoms with Gasteiger partial charge in [0.1, 0.15) is 16.2 Å². The predicted molar refractivity (Wildman–Crippen MR) is 114 cm³/mol. The van der Waals surface area contributed by atoms with Gasteiger partial charge in [-0.1, -0.05) is 20.7 Å². The van der Waals surface area contributed by atoms with Crippen LogP contribution in [0.25, 0.3) is 11.1 Å². The first kappa shape index (κ1) is 18.1. The third-order valence-corrected chi connectivity index (χ3v) is 7.18. The van der Waals surface area contributed by atoms with Gasteiger partial charge in [-0.25, -0.2) is 4.99 Å². The fraction of sp³-hybridized carbons (Fsp3) is 0.286. The van der Waals surface area contributed by atoms with Crippen LogP contribution in [0.4, 0.5) is 11.4 Å². The van der Waals surface area contributed by atoms with Crippen molar-refractivity contribution in [1.82, 2.24) is 0 Å². The molecule has 4 nitrogen and oxygen atoms in total. The Morgan fingerprint density at radius 3 is 2.48 bits per heavy atom. The lowest BCUT2D eigenvalue weighted by atomic mass is 9.90. The van der Waals surface area contributed by atoms with Crippen LogP contribution < -0.4 is 19.5 Å². The molecule has 1 aliphatic heterocycles. The van der Waals surface area contributed by atoms with Crippen LogP contribution >= 0.6 is 20.7 Å². The number of rotatable bonds is 4. The largest absolute Gasteiger partial charge is 0.497 e. The van der Waals surface area contributed by atoms with E-state index in [9.17, 15) is 0 Å². The highest BCUT2D eigenvalue weighted by Crippen LogP contribution is 2.46. The van der Waals surface area contributed by atoms with Gasteiger partial charge in [0, 0.05) is 22.9 Å². The maximum atomic E-state index is 5.69. The first-order valence-corrected chi connectivity index (χ1v) is 11.0. The van der Waals surface area contributed by atoms with Gasteiger partial charge in [-0.05, 0) is 57.2 Å². The van der Waals surface area contributed by atoms with Crippen molar-refractivity contribution in [3.63, 3.8) is 0 Å². The van der Waals surface area contributed by atoms with Crippen molar-refractivity contribution in [2.24, 2.45) is 4.99 Å². The van der Waals surface area contributed by atoms with E-state index < -0.39 is 0 Å². The van der Waals surface area contributed by atoms with Crippen LogP contribution in [0.1, 0.15) is 25.6 Å². The zero-order valence-electron chi connectivity index (χ0n) is 15.8. The Hall–Kier alpha value is -2.31. The molecule has 0 fully saturated rings. The van der Waals surface area contributed by atoms with Gasteiger partial charge >= 0.3 is 0 Å². The molecule has 0 aliphatic carbocycles. The Labute approximate surface area is 166 Å². The van der Waals surface area contributed by atoms with Crippen LogP contribution in [-0.4, -0.2) is 13.7 Å². The molecule has 2 heterocycles. The third-order valence-electron chi connectivity index (χ3n) is 4.53. The van der Waals surface area contributed by atoms with Gasteiger partial charge in [0.25, 0.3) is 0 Å². The van der Waals surface area contributed by atoms with Gasteiger partial charge in [-0.3, -0.25) is 0 Å². The van der Waals surface area contributed by atoms with Crippen molar-refractivity contribution in [3.8, 4) is 22.6 Å². The summed E-state index contributed by atoms with van der Waals surface area (Å²) in [5.41, 5.74) is 4.27. The lowest BCUT2D eigenvalue weighted by Crippen LogP contribution is -2.31. The van der Waals surface area contributed by atoms with Crippen molar-refractivity contribution >= 4 is 32.1 Å². The van der Waals surface area contributed by atoms with Crippen molar-refractivity contribution in [3.05, 3.63) is 52.0 Å². The molecule has 0 radical (unpaired) electrons. The van der Waals surface area contributed by atoms with Crippen LogP contribution in [0.3, 0.4) is 0 Å². The number of hydrogen-bond donors (Lipinski definition) is 1. The summed E-state index contributed by atoms with van der Waals surface area (Å²) in [7, 11) is 5.19. The lowest BCUT2D eigenvalue weighted by molar-refractivity contribution is 0.340. The number of ether oxygens (including phenoxy) is 2. The number of benzene rings is 2. The lowest BCUT2D eigenvalue weighted by Gasteiger charge is -2.33. The van der Waals surface area contributed by atoms with Crippen LogP contribution in [0.15, 0.2) is 47.5 Å². The second kappa shape index (κ2) is 7.02. The molecule has 3 aromatic rings. The van der Waals surface area contributed by atoms with E-state index in [0.717, 1.165) is 27.5 Å². The molecule has 6 heteroatoms. The predicted octanol–water partition coefficient (Wildman–Crippen LogP) is 5.78. The SMILES string of the molecule is CCOc1ccc2c(c1)NC(C)(C)c1ssc(=Nc3ccc(OC)cc3)c1-2. The number of nitrogens with one attached hydrogen (secondary N) is 1. The minimum atomic E-state index is -0.151. The number of methoxy groups -OCH3 is 1. The zero-order chi connectivity index (χ0) is 19.0. The molecule has 27 heavy (non-hydrogen) atoms. The highest BCUT2D eigenvalue weighted by Gasteiger charge is 2.33. The molecule has 140 valence electrons. The van der Waals surface area contributed by atoms with Crippen molar-refractivity contribution in [2.75, 3.05) is 19.0 Å². The van der Waals surface area contributed by atoms with Gasteiger partial charge < -0.3 is 14.8 Å². The number of nitrogens with zero attached hydrogens (tertiary/aromatic N) is 1. The Balaban J connectivity index is 1.86. The summed E-state index contributed by atoms with van der Waals surface area (Å²) in [4.78, 5) is 6.24. The summed E-state index contributed by atoms with van der Waals surface area (Å²) in [5.74, 6) is 1.72. The molecule has 0 bridgehead atoms. The fourth-order valence-corrected chi connectivity index (χ4v) is 6.20. The molecular weight excluding hydrogens is 376 g/mol. The Morgan fingerprint density at radius 2 is 1.78 bits per heavy atom. The van der Waals surface area contributed by atoms with Gasteiger partial charge in [-0.15, -0.1) is 0 Å². The molecule has 0 amide bonds. The fourth-order valence-electron chi connectivity index (χ4n) is 3.26. The molecular formula is C21H22N2O2S2. The quantitative estimate of drug-likeness (QED) is 0.567. The third kappa shape index (κ3) is 3.35. The second-order valence-corrected chi connectivity index (χ2v) is 9.00. The molecule has 0 unspecified atom stereocenters. The first-order chi connectivity index (χ1) is 13.0. The smallest absolute Gasteiger partial charge is 0.135 e. The van der Waals surface area contributed by atoms with E-state index in [1.807, 2.05) is 37.3 Å². The standard InChI is InChI=1S/C21H22N2O2S2/c1-5-25-15-10-11-16-17(12-15)23-21(2,3)19-18(16)20(27-26-19)22-13-6-8-14(24-4)9-7-13/h6-12,23H,5H2,1-4H3. The van der Waals surface area contributed by atoms with Gasteiger partial charge in [0.15, 0.2) is 0 Å². The van der Waals surface area contributed by atoms with Gasteiger partial charge in [0.05, 0.1) is 29.8 Å². The Bertz CT molecular complexity index is 1030. The molecule has 0 saturated carbocycles. The molecule has 4 rings (SSSR count). The Morgan fingerprint density at radius 1 is 1.04 bits per heavy atom. The van der Waals surface area contributed by atoms with E-state index in [1.165, 1.54) is 16.0 Å². The summed E-state index contributed by atoms with van der Waals surface area (Å²) in [6.07, 6.45) is 0. The molecule has 0 saturated heterocycles. The van der Waals surface area contributed by atoms with Crippen molar-refractivity contribution in [2.45, 2.75) is 26.3 Å². The molecule has 1 N–H and O–H groups in total. The minimum absolute atomic E-state index is 0.151. The topological polar surface area (TPSA) is 42.8 Å². The van der Waals surface area contributed by atoms with Crippen molar-refractivity contribution < 1.29 is 9.47 Å². The normalized spacial score (nSPS) is 14.9. The number of hydrogen-bond acceptors (Lipinski definition) is 6. The average Bonchev–Trinajstić information content (AvgIpc) is 3.07. The molecule has 0 atom stereocenters. The van der Waals surface area contributed by atoms with Crippen LogP contribution in [0, 0.1) is 0 Å². The summed E-state index contributed by atoms with van der Waals surface area (Å²) in [6.45, 7) is 7.08. The summed E-state index contributed by atoms with van der Waals surface area (Å²) < 4.78 is 12.0. The maximum absolute atomic E-state index is 5.69. The highest BCUT2D eigenvalue weighted by atomic mass is 32.9. The minimum Gasteiger partial charge on any atom is -0.497 e. The van der Waals surface area contributed by atoms with E-state index in [4.69, 9.17) is 14.5 Å². The maximum Gasteiger partial charge on any atom is 0.135 e. The van der Waals surface area contributed by atoms with Gasteiger partial charge in [0.2, 0.25) is 0 Å². The monoisotopic (exact) mass is 398 g/mol. The molecule has 2 aromatic carbocycles. The summed E-state index contributed by atoms with van der Waals surface area (Å²) in [5, 5.41) is 3.66. The summed E-state index contributed by atoms with van der Waals surface area (Å²) in [6, 6.07) is 14.1. The summed E-state index contributed by atoms with van der Waals surface area (Å²) >= 11 is 0. The first-order valence-electron chi connectivity index (χ1n) is 8.89. The molecule has 0 spiro atoms. The van der Waals surface area contributed by atoms with Crippen LogP contribution in [0.2, 0.25) is 0 Å². The van der Waals surface area contributed by atoms with E-state index >= 15 is 0 Å². The van der Waals surface area contributed by atoms with E-state index in [0.29, 0.717) is 6.61 Å². The van der Waals surface area contributed by atoms with E-state index in [1.54, 1.807) is 27.8 Å². The van der Waals surface area contributed by atoms with E-state index in [-0.39, 0.29) is 5.54 Å². The van der Waals surface area contributed by atoms with Gasteiger partial charge in [-0.2, -0.15) is 0 Å². The van der Waals surface area contributed by atoms with Crippen LogP contribution in [0.5, 0.6) is 11.5 Å². The number of fused-ring (bicyclic) bond motifs is 3. The zero-order valence-corrected chi connectivity index (χ0v) is 17.5.